The second-order valence-electron chi connectivity index (χ2n) is 10.3. The number of rotatable bonds is 13. The lowest BCUT2D eigenvalue weighted by Crippen LogP contribution is -2.53. The second kappa shape index (κ2) is 14.8. The van der Waals surface area contributed by atoms with Crippen molar-refractivity contribution in [2.45, 2.75) is 57.2 Å². The zero-order valence-electron chi connectivity index (χ0n) is 23.0. The molecule has 0 bridgehead atoms. The first-order valence-electron chi connectivity index (χ1n) is 14.0. The number of carbonyl (C=O) groups excluding carboxylic acids is 2. The third-order valence-electron chi connectivity index (χ3n) is 7.57. The van der Waals surface area contributed by atoms with E-state index in [1.54, 1.807) is 24.3 Å². The summed E-state index contributed by atoms with van der Waals surface area (Å²) < 4.78 is 0.844. The highest BCUT2D eigenvalue weighted by Crippen LogP contribution is 2.35. The van der Waals surface area contributed by atoms with Gasteiger partial charge in [0.15, 0.2) is 0 Å². The van der Waals surface area contributed by atoms with Crippen molar-refractivity contribution in [1.29, 1.82) is 0 Å². The predicted octanol–water partition coefficient (Wildman–Crippen LogP) is 5.65. The van der Waals surface area contributed by atoms with Gasteiger partial charge in [0.1, 0.15) is 6.04 Å². The van der Waals surface area contributed by atoms with Crippen molar-refractivity contribution in [2.75, 3.05) is 18.0 Å². The lowest BCUT2D eigenvalue weighted by molar-refractivity contribution is -0.137. The fourth-order valence-corrected chi connectivity index (χ4v) is 5.86. The number of aryl methyl sites for hydroxylation is 1. The van der Waals surface area contributed by atoms with Crippen LogP contribution in [0.3, 0.4) is 0 Å². The van der Waals surface area contributed by atoms with E-state index in [-0.39, 0.29) is 18.4 Å². The summed E-state index contributed by atoms with van der Waals surface area (Å²) in [5.74, 6) is -1.13. The first-order valence-corrected chi connectivity index (χ1v) is 14.8. The molecule has 0 aliphatic heterocycles. The van der Waals surface area contributed by atoms with Gasteiger partial charge in [-0.2, -0.15) is 0 Å². The Labute approximate surface area is 249 Å². The van der Waals surface area contributed by atoms with Crippen LogP contribution in [0.4, 0.5) is 10.5 Å². The molecule has 1 aliphatic carbocycles. The molecule has 0 saturated heterocycles. The number of urea groups is 1. The monoisotopic (exact) mass is 620 g/mol. The Bertz CT molecular complexity index is 1320. The molecule has 3 aromatic rings. The van der Waals surface area contributed by atoms with Crippen molar-refractivity contribution < 1.29 is 19.5 Å². The number of carboxylic acids is 1. The van der Waals surface area contributed by atoms with Gasteiger partial charge in [0, 0.05) is 35.7 Å². The third-order valence-corrected chi connectivity index (χ3v) is 8.10. The van der Waals surface area contributed by atoms with Crippen molar-refractivity contribution in [3.63, 3.8) is 0 Å². The number of benzene rings is 3. The van der Waals surface area contributed by atoms with Crippen LogP contribution in [0, 0.1) is 0 Å². The number of amides is 3. The molecule has 2 atom stereocenters. The molecule has 0 heterocycles. The largest absolute Gasteiger partial charge is 0.481 e. The summed E-state index contributed by atoms with van der Waals surface area (Å²) in [6.07, 6.45) is 3.87. The third kappa shape index (κ3) is 8.41. The molecule has 0 radical (unpaired) electrons. The van der Waals surface area contributed by atoms with Crippen molar-refractivity contribution in [3.05, 3.63) is 100 Å². The first kappa shape index (κ1) is 30.3. The highest BCUT2D eigenvalue weighted by Gasteiger charge is 2.32. The Morgan fingerprint density at radius 2 is 1.68 bits per heavy atom. The molecule has 4 N–H and O–H groups in total. The molecule has 1 aliphatic rings. The van der Waals surface area contributed by atoms with E-state index in [2.05, 4.69) is 38.3 Å². The van der Waals surface area contributed by atoms with E-state index < -0.39 is 18.0 Å². The van der Waals surface area contributed by atoms with Crippen molar-refractivity contribution in [3.8, 4) is 0 Å². The number of aliphatic carboxylic acids is 1. The SMILES string of the molecule is NC(=O)N(c1ccc(Br)cc1)[C@@H](CCN(CCCC(=O)O)C1CCCc2ccccc21)C(=O)NCc1ccccc1. The fraction of sp³-hybridized carbons (Fsp3) is 0.344. The van der Waals surface area contributed by atoms with E-state index in [1.165, 1.54) is 16.0 Å². The van der Waals surface area contributed by atoms with Gasteiger partial charge in [-0.15, -0.1) is 0 Å². The summed E-state index contributed by atoms with van der Waals surface area (Å²) in [6, 6.07) is 23.6. The van der Waals surface area contributed by atoms with Crippen LogP contribution in [0.2, 0.25) is 0 Å². The molecule has 0 saturated carbocycles. The van der Waals surface area contributed by atoms with E-state index >= 15 is 0 Å². The topological polar surface area (TPSA) is 116 Å². The zero-order valence-corrected chi connectivity index (χ0v) is 24.6. The molecular formula is C32H37BrN4O4. The number of hydrogen-bond acceptors (Lipinski definition) is 4. The molecule has 0 spiro atoms. The van der Waals surface area contributed by atoms with E-state index in [4.69, 9.17) is 5.73 Å². The van der Waals surface area contributed by atoms with Crippen molar-refractivity contribution >= 4 is 39.5 Å². The van der Waals surface area contributed by atoms with Gasteiger partial charge in [-0.1, -0.05) is 70.5 Å². The smallest absolute Gasteiger partial charge is 0.320 e. The number of nitrogens with one attached hydrogen (secondary N) is 1. The summed E-state index contributed by atoms with van der Waals surface area (Å²) in [4.78, 5) is 41.5. The summed E-state index contributed by atoms with van der Waals surface area (Å²) in [6.45, 7) is 1.38. The van der Waals surface area contributed by atoms with Gasteiger partial charge in [-0.3, -0.25) is 19.4 Å². The minimum Gasteiger partial charge on any atom is -0.481 e. The highest BCUT2D eigenvalue weighted by molar-refractivity contribution is 9.10. The minimum absolute atomic E-state index is 0.0676. The molecule has 9 heteroatoms. The summed E-state index contributed by atoms with van der Waals surface area (Å²) in [5, 5.41) is 12.3. The van der Waals surface area contributed by atoms with E-state index in [1.807, 2.05) is 42.5 Å². The quantitative estimate of drug-likeness (QED) is 0.228. The van der Waals surface area contributed by atoms with Crippen molar-refractivity contribution in [2.24, 2.45) is 5.73 Å². The van der Waals surface area contributed by atoms with Gasteiger partial charge < -0.3 is 16.2 Å². The van der Waals surface area contributed by atoms with Crippen LogP contribution >= 0.6 is 15.9 Å². The van der Waals surface area contributed by atoms with Crippen LogP contribution in [-0.2, 0) is 22.6 Å². The van der Waals surface area contributed by atoms with E-state index in [0.29, 0.717) is 38.2 Å². The lowest BCUT2D eigenvalue weighted by Gasteiger charge is -2.38. The second-order valence-corrected chi connectivity index (χ2v) is 11.2. The Hall–Kier alpha value is -3.69. The number of nitrogens with two attached hydrogens (primary N) is 1. The first-order chi connectivity index (χ1) is 19.8. The van der Waals surface area contributed by atoms with Crippen LogP contribution in [0.25, 0.3) is 0 Å². The molecule has 0 fully saturated rings. The molecule has 4 rings (SSSR count). The maximum Gasteiger partial charge on any atom is 0.320 e. The van der Waals surface area contributed by atoms with Crippen LogP contribution in [0.15, 0.2) is 83.3 Å². The van der Waals surface area contributed by atoms with Gasteiger partial charge in [0.25, 0.3) is 0 Å². The molecule has 216 valence electrons. The van der Waals surface area contributed by atoms with Gasteiger partial charge in [0.05, 0.1) is 0 Å². The van der Waals surface area contributed by atoms with Crippen LogP contribution in [0.5, 0.6) is 0 Å². The summed E-state index contributed by atoms with van der Waals surface area (Å²) in [5.41, 5.74) is 9.92. The number of hydrogen-bond donors (Lipinski definition) is 3. The van der Waals surface area contributed by atoms with Gasteiger partial charge in [-0.05, 0) is 79.6 Å². The number of nitrogens with zero attached hydrogens (tertiary/aromatic N) is 2. The highest BCUT2D eigenvalue weighted by atomic mass is 79.9. The lowest BCUT2D eigenvalue weighted by atomic mass is 9.86. The molecule has 3 amide bonds. The molecule has 1 unspecified atom stereocenters. The number of fused-ring (bicyclic) bond motifs is 1. The predicted molar refractivity (Wildman–Crippen MR) is 163 cm³/mol. The van der Waals surface area contributed by atoms with Crippen LogP contribution < -0.4 is 16.0 Å². The molecule has 8 nitrogen and oxygen atoms in total. The van der Waals surface area contributed by atoms with Crippen LogP contribution in [-0.4, -0.2) is 47.0 Å². The average molecular weight is 622 g/mol. The zero-order chi connectivity index (χ0) is 29.2. The van der Waals surface area contributed by atoms with Gasteiger partial charge in [0.2, 0.25) is 5.91 Å². The number of carboxylic acid groups (broad SMARTS) is 1. The molecular weight excluding hydrogens is 584 g/mol. The molecule has 41 heavy (non-hydrogen) atoms. The maximum absolute atomic E-state index is 13.7. The Morgan fingerprint density at radius 3 is 2.39 bits per heavy atom. The Kier molecular flexibility index (Phi) is 10.9. The number of anilines is 1. The Morgan fingerprint density at radius 1 is 0.976 bits per heavy atom. The maximum atomic E-state index is 13.7. The number of primary amides is 1. The normalized spacial score (nSPS) is 15.1. The fourth-order valence-electron chi connectivity index (χ4n) is 5.60. The summed E-state index contributed by atoms with van der Waals surface area (Å²) in [7, 11) is 0. The van der Waals surface area contributed by atoms with E-state index in [9.17, 15) is 19.5 Å². The molecule has 0 aromatic heterocycles. The number of halogens is 1. The van der Waals surface area contributed by atoms with E-state index in [0.717, 1.165) is 29.3 Å². The average Bonchev–Trinajstić information content (AvgIpc) is 2.97. The van der Waals surface area contributed by atoms with Gasteiger partial charge in [-0.25, -0.2) is 4.79 Å². The molecule has 3 aromatic carbocycles. The van der Waals surface area contributed by atoms with Crippen LogP contribution in [0.1, 0.15) is 54.8 Å². The van der Waals surface area contributed by atoms with Gasteiger partial charge >= 0.3 is 12.0 Å². The Balaban J connectivity index is 1.60. The standard InChI is InChI=1S/C32H37BrN4O4/c33-25-15-17-26(18-16-25)37(32(34)41)29(31(40)35-22-23-8-2-1-3-9-23)19-21-36(20-7-14-30(38)39)28-13-6-11-24-10-4-5-12-27(24)28/h1-5,8-10,12,15-18,28-29H,6-7,11,13-14,19-22H2,(H2,34,41)(H,35,40)(H,38,39)/t28?,29-/m0/s1. The van der Waals surface area contributed by atoms with Crippen molar-refractivity contribution in [1.82, 2.24) is 10.2 Å². The number of carbonyl (C=O) groups is 3. The summed E-state index contributed by atoms with van der Waals surface area (Å²) >= 11 is 3.43. The minimum atomic E-state index is -0.863.